The maximum atomic E-state index is 15.0. The minimum Gasteiger partial charge on any atom is -0.381 e. The fraction of sp³-hybridized carbons (Fsp3) is 0.867. The molecule has 0 aliphatic carbocycles. The van der Waals surface area contributed by atoms with Crippen LogP contribution in [0.1, 0.15) is 26.2 Å². The molecule has 124 valence electrons. The van der Waals surface area contributed by atoms with Crippen molar-refractivity contribution in [3.63, 3.8) is 0 Å². The second kappa shape index (κ2) is 5.44. The summed E-state index contributed by atoms with van der Waals surface area (Å²) in [6.45, 7) is 2.24. The number of likely N-dealkylation sites (tertiary alicyclic amines) is 2. The van der Waals surface area contributed by atoms with Gasteiger partial charge in [0.15, 0.2) is 5.67 Å². The van der Waals surface area contributed by atoms with E-state index in [9.17, 15) is 9.59 Å². The van der Waals surface area contributed by atoms with Gasteiger partial charge in [0, 0.05) is 26.2 Å². The highest BCUT2D eigenvalue weighted by molar-refractivity contribution is 5.92. The smallest absolute Gasteiger partial charge is 0.265 e. The van der Waals surface area contributed by atoms with Crippen LogP contribution in [0.5, 0.6) is 0 Å². The van der Waals surface area contributed by atoms with Crippen LogP contribution < -0.4 is 0 Å². The zero-order chi connectivity index (χ0) is 16.0. The standard InChI is InChI=1S/C15H22F2N2O3/c1-2-12(20)19-9-14(16)8-18(13(21)15(14,17)10-19)7-11-3-5-22-6-4-11/h11H,2-10H2,1H3/t14-,15-/m1/s1. The van der Waals surface area contributed by atoms with Gasteiger partial charge >= 0.3 is 0 Å². The topological polar surface area (TPSA) is 49.9 Å². The highest BCUT2D eigenvalue weighted by Crippen LogP contribution is 2.46. The minimum atomic E-state index is -2.58. The van der Waals surface area contributed by atoms with Gasteiger partial charge in [-0.25, -0.2) is 8.78 Å². The van der Waals surface area contributed by atoms with Crippen molar-refractivity contribution in [3.8, 4) is 0 Å². The van der Waals surface area contributed by atoms with Gasteiger partial charge in [0.05, 0.1) is 19.6 Å². The minimum absolute atomic E-state index is 0.187. The predicted octanol–water partition coefficient (Wildman–Crippen LogP) is 0.924. The Bertz CT molecular complexity index is 483. The van der Waals surface area contributed by atoms with Crippen LogP contribution in [0.25, 0.3) is 0 Å². The second-order valence-electron chi connectivity index (χ2n) is 6.61. The Hall–Kier alpha value is -1.24. The highest BCUT2D eigenvalue weighted by atomic mass is 19.2. The van der Waals surface area contributed by atoms with Gasteiger partial charge in [-0.05, 0) is 18.8 Å². The lowest BCUT2D eigenvalue weighted by Crippen LogP contribution is -2.48. The molecule has 2 amide bonds. The fourth-order valence-corrected chi connectivity index (χ4v) is 3.74. The van der Waals surface area contributed by atoms with E-state index >= 15 is 8.78 Å². The number of rotatable bonds is 3. The molecule has 0 spiro atoms. The van der Waals surface area contributed by atoms with Crippen molar-refractivity contribution in [3.05, 3.63) is 0 Å². The number of hydrogen-bond acceptors (Lipinski definition) is 3. The summed E-state index contributed by atoms with van der Waals surface area (Å²) in [6, 6.07) is 0. The number of amides is 2. The van der Waals surface area contributed by atoms with Crippen molar-refractivity contribution >= 4 is 11.8 Å². The summed E-state index contributed by atoms with van der Waals surface area (Å²) in [5.41, 5.74) is -4.86. The summed E-state index contributed by atoms with van der Waals surface area (Å²) in [5, 5.41) is 0. The van der Waals surface area contributed by atoms with Crippen molar-refractivity contribution in [1.29, 1.82) is 0 Å². The van der Waals surface area contributed by atoms with E-state index < -0.39 is 23.8 Å². The number of halogens is 2. The van der Waals surface area contributed by atoms with E-state index in [2.05, 4.69) is 0 Å². The Morgan fingerprint density at radius 3 is 2.55 bits per heavy atom. The largest absolute Gasteiger partial charge is 0.381 e. The van der Waals surface area contributed by atoms with Crippen LogP contribution in [0, 0.1) is 5.92 Å². The van der Waals surface area contributed by atoms with Gasteiger partial charge in [-0.2, -0.15) is 0 Å². The summed E-state index contributed by atoms with van der Waals surface area (Å²) < 4.78 is 35.3. The van der Waals surface area contributed by atoms with Crippen LogP contribution in [0.2, 0.25) is 0 Å². The van der Waals surface area contributed by atoms with E-state index in [1.807, 2.05) is 0 Å². The molecule has 22 heavy (non-hydrogen) atoms. The third kappa shape index (κ3) is 2.30. The third-order valence-electron chi connectivity index (χ3n) is 5.10. The lowest BCUT2D eigenvalue weighted by Gasteiger charge is -2.28. The normalized spacial score (nSPS) is 36.0. The van der Waals surface area contributed by atoms with Gasteiger partial charge in [0.2, 0.25) is 11.6 Å². The molecule has 0 unspecified atom stereocenters. The average Bonchev–Trinajstić information content (AvgIpc) is 2.87. The Labute approximate surface area is 128 Å². The summed E-state index contributed by atoms with van der Waals surface area (Å²) in [4.78, 5) is 26.5. The van der Waals surface area contributed by atoms with Crippen LogP contribution in [-0.4, -0.2) is 72.3 Å². The van der Waals surface area contributed by atoms with E-state index in [-0.39, 0.29) is 31.3 Å². The molecule has 0 radical (unpaired) electrons. The SMILES string of the molecule is CCC(=O)N1C[C@]2(F)CN(CC3CCOCC3)C(=O)[C@]2(F)C1. The van der Waals surface area contributed by atoms with Crippen molar-refractivity contribution in [2.75, 3.05) is 39.4 Å². The molecule has 3 aliphatic rings. The van der Waals surface area contributed by atoms with Crippen LogP contribution in [0.15, 0.2) is 0 Å². The van der Waals surface area contributed by atoms with Crippen LogP contribution in [0.3, 0.4) is 0 Å². The Balaban J connectivity index is 1.71. The molecule has 3 rings (SSSR count). The summed E-state index contributed by atoms with van der Waals surface area (Å²) in [6.07, 6.45) is 1.80. The molecule has 0 aromatic carbocycles. The lowest BCUT2D eigenvalue weighted by molar-refractivity contribution is -0.140. The Kier molecular flexibility index (Phi) is 3.87. The molecule has 0 aromatic heterocycles. The molecule has 0 saturated carbocycles. The molecule has 0 bridgehead atoms. The average molecular weight is 316 g/mol. The van der Waals surface area contributed by atoms with E-state index in [0.29, 0.717) is 19.8 Å². The van der Waals surface area contributed by atoms with E-state index in [0.717, 1.165) is 17.7 Å². The van der Waals surface area contributed by atoms with Crippen LogP contribution >= 0.6 is 0 Å². The van der Waals surface area contributed by atoms with Gasteiger partial charge in [0.1, 0.15) is 0 Å². The number of nitrogens with zero attached hydrogens (tertiary/aromatic N) is 2. The first kappa shape index (κ1) is 15.6. The van der Waals surface area contributed by atoms with Gasteiger partial charge in [0.25, 0.3) is 5.91 Å². The zero-order valence-electron chi connectivity index (χ0n) is 12.8. The molecule has 3 aliphatic heterocycles. The molecular weight excluding hydrogens is 294 g/mol. The molecule has 3 saturated heterocycles. The number of carbonyl (C=O) groups is 2. The Morgan fingerprint density at radius 2 is 1.95 bits per heavy atom. The van der Waals surface area contributed by atoms with E-state index in [1.54, 1.807) is 6.92 Å². The number of hydrogen-bond donors (Lipinski definition) is 0. The number of ether oxygens (including phenoxy) is 1. The lowest BCUT2D eigenvalue weighted by atomic mass is 9.93. The fourth-order valence-electron chi connectivity index (χ4n) is 3.74. The van der Waals surface area contributed by atoms with Crippen molar-refractivity contribution in [2.45, 2.75) is 37.5 Å². The summed E-state index contributed by atoms with van der Waals surface area (Å²) >= 11 is 0. The quantitative estimate of drug-likeness (QED) is 0.778. The first-order chi connectivity index (χ1) is 10.4. The van der Waals surface area contributed by atoms with Gasteiger partial charge in [-0.1, -0.05) is 6.92 Å². The molecule has 3 fully saturated rings. The third-order valence-corrected chi connectivity index (χ3v) is 5.10. The van der Waals surface area contributed by atoms with Gasteiger partial charge < -0.3 is 14.5 Å². The maximum absolute atomic E-state index is 15.0. The van der Waals surface area contributed by atoms with E-state index in [1.165, 1.54) is 4.90 Å². The first-order valence-electron chi connectivity index (χ1n) is 7.92. The maximum Gasteiger partial charge on any atom is 0.265 e. The molecule has 5 nitrogen and oxygen atoms in total. The molecule has 3 heterocycles. The van der Waals surface area contributed by atoms with E-state index in [4.69, 9.17) is 4.74 Å². The first-order valence-corrected chi connectivity index (χ1v) is 7.92. The molecule has 7 heteroatoms. The zero-order valence-corrected chi connectivity index (χ0v) is 12.8. The van der Waals surface area contributed by atoms with Gasteiger partial charge in [-0.15, -0.1) is 0 Å². The monoisotopic (exact) mass is 316 g/mol. The van der Waals surface area contributed by atoms with Crippen molar-refractivity contribution in [2.24, 2.45) is 5.92 Å². The molecule has 0 aromatic rings. The Morgan fingerprint density at radius 1 is 1.27 bits per heavy atom. The summed E-state index contributed by atoms with van der Waals surface area (Å²) in [7, 11) is 0. The van der Waals surface area contributed by atoms with Crippen molar-refractivity contribution in [1.82, 2.24) is 9.80 Å². The van der Waals surface area contributed by atoms with Crippen molar-refractivity contribution < 1.29 is 23.1 Å². The molecular formula is C15H22F2N2O3. The molecule has 2 atom stereocenters. The molecule has 0 N–H and O–H groups in total. The van der Waals surface area contributed by atoms with Crippen LogP contribution in [-0.2, 0) is 14.3 Å². The summed E-state index contributed by atoms with van der Waals surface area (Å²) in [5.74, 6) is -0.878. The number of alkyl halides is 2. The second-order valence-corrected chi connectivity index (χ2v) is 6.61. The van der Waals surface area contributed by atoms with Gasteiger partial charge in [-0.3, -0.25) is 9.59 Å². The highest BCUT2D eigenvalue weighted by Gasteiger charge is 2.71. The number of carbonyl (C=O) groups excluding carboxylic acids is 2. The number of fused-ring (bicyclic) bond motifs is 1. The van der Waals surface area contributed by atoms with Crippen LogP contribution in [0.4, 0.5) is 8.78 Å². The predicted molar refractivity (Wildman–Crippen MR) is 74.7 cm³/mol.